The minimum absolute atomic E-state index is 0.0148. The van der Waals surface area contributed by atoms with Crippen LogP contribution in [0.1, 0.15) is 29.3 Å². The van der Waals surface area contributed by atoms with Crippen molar-refractivity contribution in [1.82, 2.24) is 5.01 Å². The van der Waals surface area contributed by atoms with Crippen LogP contribution in [0.5, 0.6) is 5.75 Å². The second-order valence-electron chi connectivity index (χ2n) is 7.07. The van der Waals surface area contributed by atoms with Gasteiger partial charge in [0.2, 0.25) is 0 Å². The summed E-state index contributed by atoms with van der Waals surface area (Å²) in [6.07, 6.45) is 2.11. The third-order valence-corrected chi connectivity index (χ3v) is 5.08. The van der Waals surface area contributed by atoms with Crippen molar-refractivity contribution in [2.75, 3.05) is 19.0 Å². The predicted octanol–water partition coefficient (Wildman–Crippen LogP) is 4.53. The van der Waals surface area contributed by atoms with Crippen LogP contribution in [-0.4, -0.2) is 30.3 Å². The Labute approximate surface area is 174 Å². The van der Waals surface area contributed by atoms with Gasteiger partial charge in [0.15, 0.2) is 0 Å². The zero-order valence-electron chi connectivity index (χ0n) is 16.8. The van der Waals surface area contributed by atoms with Crippen molar-refractivity contribution in [2.24, 2.45) is 5.10 Å². The van der Waals surface area contributed by atoms with Gasteiger partial charge in [0.05, 0.1) is 25.6 Å². The smallest absolute Gasteiger partial charge is 0.262 e. The quantitative estimate of drug-likeness (QED) is 0.652. The molecule has 1 atom stereocenters. The van der Waals surface area contributed by atoms with Crippen molar-refractivity contribution in [3.63, 3.8) is 0 Å². The van der Waals surface area contributed by atoms with Gasteiger partial charge < -0.3 is 14.5 Å². The molecule has 0 radical (unpaired) electrons. The highest BCUT2D eigenvalue weighted by Gasteiger charge is 2.34. The van der Waals surface area contributed by atoms with Gasteiger partial charge in [-0.05, 0) is 66.6 Å². The van der Waals surface area contributed by atoms with E-state index in [0.717, 1.165) is 17.0 Å². The first-order valence-corrected chi connectivity index (χ1v) is 9.62. The Hall–Kier alpha value is -3.61. The molecule has 1 aromatic heterocycles. The van der Waals surface area contributed by atoms with Gasteiger partial charge in [0.1, 0.15) is 23.4 Å². The number of hydrazone groups is 1. The molecule has 0 bridgehead atoms. The van der Waals surface area contributed by atoms with Crippen LogP contribution < -0.4 is 10.1 Å². The molecule has 1 amide bonds. The van der Waals surface area contributed by atoms with Crippen LogP contribution in [-0.2, 0) is 4.79 Å². The molecule has 4 rings (SSSR count). The van der Waals surface area contributed by atoms with Gasteiger partial charge in [-0.25, -0.2) is 9.40 Å². The predicted molar refractivity (Wildman–Crippen MR) is 112 cm³/mol. The molecule has 7 heteroatoms. The first kappa shape index (κ1) is 19.7. The molecule has 3 aromatic rings. The van der Waals surface area contributed by atoms with E-state index in [4.69, 9.17) is 9.15 Å². The van der Waals surface area contributed by atoms with Gasteiger partial charge in [-0.2, -0.15) is 5.10 Å². The van der Waals surface area contributed by atoms with Crippen molar-refractivity contribution in [1.29, 1.82) is 0 Å². The lowest BCUT2D eigenvalue weighted by atomic mass is 10.0. The number of nitrogens with one attached hydrogen (secondary N) is 1. The monoisotopic (exact) mass is 407 g/mol. The van der Waals surface area contributed by atoms with Crippen molar-refractivity contribution < 1.29 is 18.3 Å². The van der Waals surface area contributed by atoms with E-state index >= 15 is 0 Å². The van der Waals surface area contributed by atoms with Gasteiger partial charge in [0, 0.05) is 12.1 Å². The van der Waals surface area contributed by atoms with Crippen LogP contribution in [0.4, 0.5) is 10.1 Å². The molecule has 0 saturated heterocycles. The molecule has 0 fully saturated rings. The standard InChI is InChI=1S/C23H22FN3O3/c1-15-5-8-17(12-19(15)24)25-14-23(28)27-21(22-4-3-11-30-22)13-20(26-27)16-6-9-18(29-2)10-7-16/h3-12,21,25H,13-14H2,1-2H3/t21-/m1/s1. The molecule has 1 aliphatic rings. The Balaban J connectivity index is 1.54. The van der Waals surface area contributed by atoms with Crippen LogP contribution in [0, 0.1) is 12.7 Å². The molecule has 0 spiro atoms. The van der Waals surface area contributed by atoms with Gasteiger partial charge >= 0.3 is 0 Å². The lowest BCUT2D eigenvalue weighted by molar-refractivity contribution is -0.131. The summed E-state index contributed by atoms with van der Waals surface area (Å²) in [6, 6.07) is 15.6. The number of furan rings is 1. The van der Waals surface area contributed by atoms with E-state index in [2.05, 4.69) is 10.4 Å². The topological polar surface area (TPSA) is 67.1 Å². The number of ether oxygens (including phenoxy) is 1. The summed E-state index contributed by atoms with van der Waals surface area (Å²) in [6.45, 7) is 1.68. The highest BCUT2D eigenvalue weighted by atomic mass is 19.1. The average Bonchev–Trinajstić information content (AvgIpc) is 3.44. The van der Waals surface area contributed by atoms with Gasteiger partial charge in [0.25, 0.3) is 5.91 Å². The zero-order valence-corrected chi connectivity index (χ0v) is 16.8. The number of aryl methyl sites for hydroxylation is 1. The molecule has 2 heterocycles. The van der Waals surface area contributed by atoms with Crippen molar-refractivity contribution >= 4 is 17.3 Å². The molecule has 2 aromatic carbocycles. The molecule has 0 saturated carbocycles. The number of hydrogen-bond donors (Lipinski definition) is 1. The van der Waals surface area contributed by atoms with Crippen LogP contribution in [0.15, 0.2) is 70.4 Å². The first-order chi connectivity index (χ1) is 14.5. The normalized spacial score (nSPS) is 15.8. The van der Waals surface area contributed by atoms with Crippen LogP contribution in [0.2, 0.25) is 0 Å². The number of methoxy groups -OCH3 is 1. The second-order valence-corrected chi connectivity index (χ2v) is 7.07. The molecular formula is C23H22FN3O3. The summed E-state index contributed by atoms with van der Waals surface area (Å²) < 4.78 is 24.5. The minimum atomic E-state index is -0.332. The maximum Gasteiger partial charge on any atom is 0.262 e. The molecule has 154 valence electrons. The average molecular weight is 407 g/mol. The Bertz CT molecular complexity index is 1060. The number of anilines is 1. The third-order valence-electron chi connectivity index (χ3n) is 5.08. The summed E-state index contributed by atoms with van der Waals surface area (Å²) in [5, 5.41) is 9.00. The summed E-state index contributed by atoms with van der Waals surface area (Å²) in [5.41, 5.74) is 2.79. The third kappa shape index (κ3) is 4.05. The number of carbonyl (C=O) groups excluding carboxylic acids is 1. The van der Waals surface area contributed by atoms with E-state index in [1.165, 1.54) is 11.1 Å². The van der Waals surface area contributed by atoms with E-state index in [9.17, 15) is 9.18 Å². The van der Waals surface area contributed by atoms with Crippen LogP contribution in [0.25, 0.3) is 0 Å². The lowest BCUT2D eigenvalue weighted by Gasteiger charge is -2.20. The molecule has 6 nitrogen and oxygen atoms in total. The van der Waals surface area contributed by atoms with Gasteiger partial charge in [-0.1, -0.05) is 6.07 Å². The van der Waals surface area contributed by atoms with E-state index in [-0.39, 0.29) is 24.3 Å². The van der Waals surface area contributed by atoms with E-state index in [1.54, 1.807) is 38.5 Å². The van der Waals surface area contributed by atoms with Crippen LogP contribution in [0.3, 0.4) is 0 Å². The van der Waals surface area contributed by atoms with Crippen molar-refractivity contribution in [2.45, 2.75) is 19.4 Å². The maximum atomic E-state index is 13.8. The highest BCUT2D eigenvalue weighted by molar-refractivity contribution is 6.03. The summed E-state index contributed by atoms with van der Waals surface area (Å²) in [7, 11) is 1.61. The first-order valence-electron chi connectivity index (χ1n) is 9.62. The van der Waals surface area contributed by atoms with Crippen LogP contribution >= 0.6 is 0 Å². The van der Waals surface area contributed by atoms with Gasteiger partial charge in [-0.3, -0.25) is 4.79 Å². The summed E-state index contributed by atoms with van der Waals surface area (Å²) >= 11 is 0. The Kier molecular flexibility index (Phi) is 5.52. The molecule has 0 aliphatic carbocycles. The Morgan fingerprint density at radius 1 is 1.27 bits per heavy atom. The largest absolute Gasteiger partial charge is 0.497 e. The Morgan fingerprint density at radius 2 is 2.07 bits per heavy atom. The number of hydrogen-bond acceptors (Lipinski definition) is 5. The fourth-order valence-corrected chi connectivity index (χ4v) is 3.36. The SMILES string of the molecule is COc1ccc(C2=NN(C(=O)CNc3ccc(C)c(F)c3)[C@@H](c3ccco3)C2)cc1. The molecular weight excluding hydrogens is 385 g/mol. The Morgan fingerprint density at radius 3 is 2.73 bits per heavy atom. The van der Waals surface area contributed by atoms with E-state index in [1.807, 2.05) is 30.3 Å². The second kappa shape index (κ2) is 8.41. The zero-order chi connectivity index (χ0) is 21.1. The van der Waals surface area contributed by atoms with E-state index in [0.29, 0.717) is 23.4 Å². The number of amides is 1. The number of rotatable bonds is 6. The van der Waals surface area contributed by atoms with Crippen molar-refractivity contribution in [3.05, 3.63) is 83.6 Å². The van der Waals surface area contributed by atoms with Crippen molar-refractivity contribution in [3.8, 4) is 5.75 Å². The lowest BCUT2D eigenvalue weighted by Crippen LogP contribution is -2.32. The highest BCUT2D eigenvalue weighted by Crippen LogP contribution is 2.33. The molecule has 30 heavy (non-hydrogen) atoms. The number of carbonyl (C=O) groups is 1. The molecule has 1 aliphatic heterocycles. The maximum absolute atomic E-state index is 13.8. The summed E-state index contributed by atoms with van der Waals surface area (Å²) in [5.74, 6) is 0.863. The molecule has 0 unspecified atom stereocenters. The number of nitrogens with zero attached hydrogens (tertiary/aromatic N) is 2. The fraction of sp³-hybridized carbons (Fsp3) is 0.217. The number of benzene rings is 2. The fourth-order valence-electron chi connectivity index (χ4n) is 3.36. The molecule has 1 N–H and O–H groups in total. The number of halogens is 1. The van der Waals surface area contributed by atoms with E-state index < -0.39 is 0 Å². The minimum Gasteiger partial charge on any atom is -0.497 e. The van der Waals surface area contributed by atoms with Gasteiger partial charge in [-0.15, -0.1) is 0 Å². The summed E-state index contributed by atoms with van der Waals surface area (Å²) in [4.78, 5) is 13.0.